The van der Waals surface area contributed by atoms with Crippen molar-refractivity contribution in [2.75, 3.05) is 7.05 Å². The topological polar surface area (TPSA) is 37.6 Å². The molecule has 0 saturated carbocycles. The molecule has 0 aliphatic heterocycles. The summed E-state index contributed by atoms with van der Waals surface area (Å²) in [5.74, 6) is 0. The highest BCUT2D eigenvalue weighted by molar-refractivity contribution is 6.31. The van der Waals surface area contributed by atoms with Crippen molar-refractivity contribution in [2.45, 2.75) is 19.5 Å². The van der Waals surface area contributed by atoms with E-state index >= 15 is 0 Å². The van der Waals surface area contributed by atoms with E-state index in [9.17, 15) is 4.79 Å². The highest BCUT2D eigenvalue weighted by Crippen LogP contribution is 2.26. The van der Waals surface area contributed by atoms with Crippen molar-refractivity contribution in [1.82, 2.24) is 14.3 Å². The van der Waals surface area contributed by atoms with Crippen molar-refractivity contribution < 1.29 is 0 Å². The molecule has 2 heterocycles. The second-order valence-corrected chi connectivity index (χ2v) is 6.03. The smallest absolute Gasteiger partial charge is 0.258 e. The van der Waals surface area contributed by atoms with Gasteiger partial charge in [-0.05, 0) is 37.7 Å². The largest absolute Gasteiger partial charge is 0.294 e. The minimum Gasteiger partial charge on any atom is -0.294 e. The summed E-state index contributed by atoms with van der Waals surface area (Å²) >= 11 is 6.27. The van der Waals surface area contributed by atoms with Crippen molar-refractivity contribution in [3.63, 3.8) is 0 Å². The van der Waals surface area contributed by atoms with Gasteiger partial charge in [0, 0.05) is 29.9 Å². The highest BCUT2D eigenvalue weighted by atomic mass is 35.5. The van der Waals surface area contributed by atoms with Gasteiger partial charge < -0.3 is 0 Å². The zero-order chi connectivity index (χ0) is 16.4. The predicted molar refractivity (Wildman–Crippen MR) is 92.8 cm³/mol. The average Bonchev–Trinajstić information content (AvgIpc) is 2.54. The first-order chi connectivity index (χ1) is 11.1. The molecule has 0 amide bonds. The molecule has 0 N–H and O–H groups in total. The van der Waals surface area contributed by atoms with Crippen LogP contribution in [0.25, 0.3) is 5.65 Å². The van der Waals surface area contributed by atoms with E-state index in [0.29, 0.717) is 12.2 Å². The van der Waals surface area contributed by atoms with E-state index in [1.54, 1.807) is 16.7 Å². The fraction of sp³-hybridized carbons (Fsp3) is 0.222. The summed E-state index contributed by atoms with van der Waals surface area (Å²) in [4.78, 5) is 18.8. The van der Waals surface area contributed by atoms with E-state index in [1.807, 2.05) is 49.5 Å². The molecule has 118 valence electrons. The molecule has 1 atom stereocenters. The van der Waals surface area contributed by atoms with Crippen molar-refractivity contribution in [1.29, 1.82) is 0 Å². The van der Waals surface area contributed by atoms with Gasteiger partial charge in [-0.2, -0.15) is 0 Å². The van der Waals surface area contributed by atoms with Crippen LogP contribution in [0.4, 0.5) is 0 Å². The van der Waals surface area contributed by atoms with E-state index in [2.05, 4.69) is 16.8 Å². The minimum absolute atomic E-state index is 0.0654. The fourth-order valence-corrected chi connectivity index (χ4v) is 2.92. The third-order valence-electron chi connectivity index (χ3n) is 4.05. The summed E-state index contributed by atoms with van der Waals surface area (Å²) in [6.45, 7) is 2.67. The monoisotopic (exact) mass is 327 g/mol. The van der Waals surface area contributed by atoms with Gasteiger partial charge in [0.1, 0.15) is 5.65 Å². The maximum absolute atomic E-state index is 12.2. The Morgan fingerprint density at radius 2 is 1.96 bits per heavy atom. The Morgan fingerprint density at radius 3 is 2.74 bits per heavy atom. The Bertz CT molecular complexity index is 891. The number of pyridine rings is 1. The quantitative estimate of drug-likeness (QED) is 0.735. The van der Waals surface area contributed by atoms with Crippen LogP contribution < -0.4 is 5.56 Å². The van der Waals surface area contributed by atoms with Gasteiger partial charge in [0.2, 0.25) is 0 Å². The molecule has 23 heavy (non-hydrogen) atoms. The minimum atomic E-state index is -0.0654. The summed E-state index contributed by atoms with van der Waals surface area (Å²) in [6.07, 6.45) is 1.73. The van der Waals surface area contributed by atoms with Gasteiger partial charge in [0.15, 0.2) is 0 Å². The number of halogens is 1. The van der Waals surface area contributed by atoms with Gasteiger partial charge in [0.05, 0.1) is 5.69 Å². The molecule has 1 aromatic carbocycles. The van der Waals surface area contributed by atoms with Crippen LogP contribution in [0.1, 0.15) is 24.2 Å². The molecular weight excluding hydrogens is 310 g/mol. The van der Waals surface area contributed by atoms with Gasteiger partial charge >= 0.3 is 0 Å². The Balaban J connectivity index is 1.87. The molecule has 0 bridgehead atoms. The van der Waals surface area contributed by atoms with Crippen LogP contribution in [0.15, 0.2) is 59.5 Å². The summed E-state index contributed by atoms with van der Waals surface area (Å²) in [5.41, 5.74) is 2.41. The lowest BCUT2D eigenvalue weighted by atomic mass is 10.1. The Hall–Kier alpha value is -2.17. The molecule has 0 radical (unpaired) electrons. The van der Waals surface area contributed by atoms with Crippen LogP contribution in [0.3, 0.4) is 0 Å². The molecule has 0 aliphatic carbocycles. The number of rotatable bonds is 4. The Kier molecular flexibility index (Phi) is 4.46. The predicted octanol–water partition coefficient (Wildman–Crippen LogP) is 3.54. The lowest BCUT2D eigenvalue weighted by molar-refractivity contribution is 0.250. The van der Waals surface area contributed by atoms with Crippen LogP contribution in [-0.4, -0.2) is 21.3 Å². The molecule has 0 fully saturated rings. The zero-order valence-corrected chi connectivity index (χ0v) is 13.9. The number of hydrogen-bond donors (Lipinski definition) is 0. The van der Waals surface area contributed by atoms with Crippen LogP contribution in [0.5, 0.6) is 0 Å². The van der Waals surface area contributed by atoms with Gasteiger partial charge in [-0.15, -0.1) is 0 Å². The molecule has 3 aromatic rings. The number of hydrogen-bond acceptors (Lipinski definition) is 3. The van der Waals surface area contributed by atoms with Gasteiger partial charge in [0.25, 0.3) is 5.56 Å². The summed E-state index contributed by atoms with van der Waals surface area (Å²) < 4.78 is 1.54. The molecule has 0 spiro atoms. The van der Waals surface area contributed by atoms with Crippen LogP contribution in [-0.2, 0) is 6.54 Å². The van der Waals surface area contributed by atoms with E-state index in [1.165, 1.54) is 0 Å². The lowest BCUT2D eigenvalue weighted by Crippen LogP contribution is -2.24. The molecule has 3 rings (SSSR count). The first-order valence-electron chi connectivity index (χ1n) is 7.48. The standard InChI is InChI=1S/C18H18ClN3O/c1-13(15-7-3-4-8-16(15)19)21(2)12-14-11-18(23)22-10-6-5-9-17(22)20-14/h3-11,13H,12H2,1-2H3/t13-/m0/s1. The SMILES string of the molecule is C[C@@H](c1ccccc1Cl)N(C)Cc1cc(=O)n2ccccc2n1. The maximum atomic E-state index is 12.2. The third-order valence-corrected chi connectivity index (χ3v) is 4.40. The summed E-state index contributed by atoms with van der Waals surface area (Å²) in [6, 6.07) is 15.1. The Morgan fingerprint density at radius 1 is 1.22 bits per heavy atom. The van der Waals surface area contributed by atoms with E-state index < -0.39 is 0 Å². The molecule has 0 saturated heterocycles. The molecule has 0 unspecified atom stereocenters. The first-order valence-corrected chi connectivity index (χ1v) is 7.86. The van der Waals surface area contributed by atoms with E-state index in [0.717, 1.165) is 16.3 Å². The molecule has 0 aliphatic rings. The highest BCUT2D eigenvalue weighted by Gasteiger charge is 2.15. The van der Waals surface area contributed by atoms with Crippen molar-refractivity contribution in [3.8, 4) is 0 Å². The Labute approximate surface area is 140 Å². The molecule has 2 aromatic heterocycles. The van der Waals surface area contributed by atoms with Gasteiger partial charge in [-0.1, -0.05) is 35.9 Å². The second-order valence-electron chi connectivity index (χ2n) is 5.63. The molecular formula is C18H18ClN3O. The van der Waals surface area contributed by atoms with Crippen LogP contribution in [0, 0.1) is 0 Å². The number of benzene rings is 1. The van der Waals surface area contributed by atoms with Crippen molar-refractivity contribution >= 4 is 17.2 Å². The van der Waals surface area contributed by atoms with Gasteiger partial charge in [-0.3, -0.25) is 14.1 Å². The van der Waals surface area contributed by atoms with Crippen molar-refractivity contribution in [3.05, 3.63) is 81.4 Å². The summed E-state index contributed by atoms with van der Waals surface area (Å²) in [7, 11) is 2.00. The zero-order valence-electron chi connectivity index (χ0n) is 13.1. The maximum Gasteiger partial charge on any atom is 0.258 e. The average molecular weight is 328 g/mol. The number of aromatic nitrogens is 2. The second kappa shape index (κ2) is 6.52. The molecule has 4 nitrogen and oxygen atoms in total. The first kappa shape index (κ1) is 15.7. The van der Waals surface area contributed by atoms with Crippen LogP contribution >= 0.6 is 11.6 Å². The number of fused-ring (bicyclic) bond motifs is 1. The van der Waals surface area contributed by atoms with E-state index in [-0.39, 0.29) is 11.6 Å². The molecule has 5 heteroatoms. The number of nitrogens with zero attached hydrogens (tertiary/aromatic N) is 3. The van der Waals surface area contributed by atoms with Crippen LogP contribution in [0.2, 0.25) is 5.02 Å². The van der Waals surface area contributed by atoms with Gasteiger partial charge in [-0.25, -0.2) is 4.98 Å². The lowest BCUT2D eigenvalue weighted by Gasteiger charge is -2.25. The van der Waals surface area contributed by atoms with Crippen molar-refractivity contribution in [2.24, 2.45) is 0 Å². The van der Waals surface area contributed by atoms with E-state index in [4.69, 9.17) is 11.6 Å². The normalized spacial score (nSPS) is 12.7. The third kappa shape index (κ3) is 3.28. The summed E-state index contributed by atoms with van der Waals surface area (Å²) in [5, 5.41) is 0.749. The fourth-order valence-electron chi connectivity index (χ4n) is 2.63.